The van der Waals surface area contributed by atoms with E-state index in [0.29, 0.717) is 25.1 Å². The van der Waals surface area contributed by atoms with Crippen LogP contribution < -0.4 is 15.4 Å². The second-order valence-electron chi connectivity index (χ2n) is 7.67. The fourth-order valence-electron chi connectivity index (χ4n) is 3.39. The van der Waals surface area contributed by atoms with Crippen LogP contribution in [0.25, 0.3) is 0 Å². The fourth-order valence-corrected chi connectivity index (χ4v) is 3.39. The third kappa shape index (κ3) is 8.78. The highest BCUT2D eigenvalue weighted by atomic mass is 127. The maximum atomic E-state index is 10.9. The number of non-ortho nitro benzene ring substituents is 1. The van der Waals surface area contributed by atoms with Gasteiger partial charge in [-0.1, -0.05) is 24.3 Å². The van der Waals surface area contributed by atoms with Crippen molar-refractivity contribution in [3.63, 3.8) is 0 Å². The Labute approximate surface area is 211 Å². The molecule has 2 aromatic carbocycles. The number of rotatable bonds is 9. The highest BCUT2D eigenvalue weighted by Gasteiger charge is 2.17. The van der Waals surface area contributed by atoms with Crippen LogP contribution in [0.2, 0.25) is 0 Å². The minimum Gasteiger partial charge on any atom is -0.497 e. The van der Waals surface area contributed by atoms with Gasteiger partial charge in [-0.2, -0.15) is 0 Å². The summed E-state index contributed by atoms with van der Waals surface area (Å²) in [4.78, 5) is 17.6. The van der Waals surface area contributed by atoms with Crippen LogP contribution in [0.1, 0.15) is 18.1 Å². The highest BCUT2D eigenvalue weighted by molar-refractivity contribution is 14.0. The SMILES string of the molecule is COc1ccc(CN=C(NCc2ccc([N+](=O)[O-])cc2)NCC(C)N2CCOCC2)cc1.I. The van der Waals surface area contributed by atoms with Gasteiger partial charge < -0.3 is 20.1 Å². The van der Waals surface area contributed by atoms with Gasteiger partial charge in [0.1, 0.15) is 5.75 Å². The monoisotopic (exact) mass is 569 g/mol. The second-order valence-corrected chi connectivity index (χ2v) is 7.67. The zero-order valence-electron chi connectivity index (χ0n) is 19.0. The zero-order valence-corrected chi connectivity index (χ0v) is 21.4. The number of benzene rings is 2. The highest BCUT2D eigenvalue weighted by Crippen LogP contribution is 2.13. The summed E-state index contributed by atoms with van der Waals surface area (Å²) in [7, 11) is 1.65. The molecule has 0 amide bonds. The molecule has 0 saturated carbocycles. The van der Waals surface area contributed by atoms with Crippen molar-refractivity contribution in [1.29, 1.82) is 0 Å². The average molecular weight is 569 g/mol. The summed E-state index contributed by atoms with van der Waals surface area (Å²) in [6.45, 7) is 7.35. The molecule has 2 aromatic rings. The normalized spacial score (nSPS) is 15.3. The van der Waals surface area contributed by atoms with Crippen LogP contribution in [-0.4, -0.2) is 61.8 Å². The van der Waals surface area contributed by atoms with Crippen molar-refractivity contribution in [1.82, 2.24) is 15.5 Å². The number of hydrogen-bond donors (Lipinski definition) is 2. The van der Waals surface area contributed by atoms with Gasteiger partial charge in [-0.15, -0.1) is 24.0 Å². The number of hydrogen-bond acceptors (Lipinski definition) is 6. The second kappa shape index (κ2) is 14.0. The van der Waals surface area contributed by atoms with E-state index in [-0.39, 0.29) is 29.7 Å². The number of methoxy groups -OCH3 is 1. The van der Waals surface area contributed by atoms with Crippen LogP contribution in [0.15, 0.2) is 53.5 Å². The lowest BCUT2D eigenvalue weighted by Crippen LogP contribution is -2.49. The van der Waals surface area contributed by atoms with Gasteiger partial charge in [0.25, 0.3) is 5.69 Å². The van der Waals surface area contributed by atoms with Gasteiger partial charge in [-0.05, 0) is 30.2 Å². The van der Waals surface area contributed by atoms with Crippen molar-refractivity contribution >= 4 is 35.6 Å². The molecule has 0 radical (unpaired) electrons. The molecule has 9 nitrogen and oxygen atoms in total. The molecule has 33 heavy (non-hydrogen) atoms. The van der Waals surface area contributed by atoms with Crippen molar-refractivity contribution in [3.05, 3.63) is 69.8 Å². The van der Waals surface area contributed by atoms with E-state index in [1.165, 1.54) is 12.1 Å². The quantitative estimate of drug-likeness (QED) is 0.157. The van der Waals surface area contributed by atoms with Crippen molar-refractivity contribution in [2.45, 2.75) is 26.1 Å². The Bertz CT molecular complexity index is 887. The van der Waals surface area contributed by atoms with Gasteiger partial charge in [0.15, 0.2) is 5.96 Å². The molecule has 3 rings (SSSR count). The van der Waals surface area contributed by atoms with Crippen molar-refractivity contribution in [3.8, 4) is 5.75 Å². The Kier molecular flexibility index (Phi) is 11.3. The Morgan fingerprint density at radius 3 is 2.36 bits per heavy atom. The number of ether oxygens (including phenoxy) is 2. The summed E-state index contributed by atoms with van der Waals surface area (Å²) in [5.74, 6) is 1.51. The predicted octanol–water partition coefficient (Wildman–Crippen LogP) is 3.18. The van der Waals surface area contributed by atoms with Gasteiger partial charge in [-0.25, -0.2) is 4.99 Å². The van der Waals surface area contributed by atoms with Crippen molar-refractivity contribution < 1.29 is 14.4 Å². The maximum Gasteiger partial charge on any atom is 0.269 e. The number of nitro benzene ring substituents is 1. The number of nitrogens with one attached hydrogen (secondary N) is 2. The minimum atomic E-state index is -0.395. The van der Waals surface area contributed by atoms with Crippen LogP contribution in [0, 0.1) is 10.1 Å². The van der Waals surface area contributed by atoms with Crippen molar-refractivity contribution in [2.24, 2.45) is 4.99 Å². The first-order valence-electron chi connectivity index (χ1n) is 10.8. The fraction of sp³-hybridized carbons (Fsp3) is 0.435. The first-order valence-corrected chi connectivity index (χ1v) is 10.8. The topological polar surface area (TPSA) is 101 Å². The first-order chi connectivity index (χ1) is 15.5. The van der Waals surface area contributed by atoms with E-state index in [9.17, 15) is 10.1 Å². The van der Waals surface area contributed by atoms with Crippen LogP contribution in [0.4, 0.5) is 5.69 Å². The molecule has 1 fully saturated rings. The summed E-state index contributed by atoms with van der Waals surface area (Å²) in [5, 5.41) is 17.6. The lowest BCUT2D eigenvalue weighted by molar-refractivity contribution is -0.384. The average Bonchev–Trinajstić information content (AvgIpc) is 2.84. The molecule has 10 heteroatoms. The van der Waals surface area contributed by atoms with Crippen LogP contribution in [0.5, 0.6) is 5.75 Å². The smallest absolute Gasteiger partial charge is 0.269 e. The molecule has 1 aliphatic heterocycles. The zero-order chi connectivity index (χ0) is 22.8. The molecule has 1 heterocycles. The van der Waals surface area contributed by atoms with E-state index in [1.807, 2.05) is 24.3 Å². The Hall–Kier alpha value is -2.44. The third-order valence-electron chi connectivity index (χ3n) is 5.42. The Morgan fingerprint density at radius 2 is 1.76 bits per heavy atom. The van der Waals surface area contributed by atoms with E-state index in [1.54, 1.807) is 19.2 Å². The number of halogens is 1. The molecule has 1 aliphatic rings. The molecular formula is C23H32IN5O4. The van der Waals surface area contributed by atoms with Crippen molar-refractivity contribution in [2.75, 3.05) is 40.0 Å². The Morgan fingerprint density at radius 1 is 1.12 bits per heavy atom. The predicted molar refractivity (Wildman–Crippen MR) is 139 cm³/mol. The number of aliphatic imine (C=N–C) groups is 1. The number of morpholine rings is 1. The van der Waals surface area contributed by atoms with Gasteiger partial charge >= 0.3 is 0 Å². The summed E-state index contributed by atoms with van der Waals surface area (Å²) in [6.07, 6.45) is 0. The molecule has 1 unspecified atom stereocenters. The molecule has 0 bridgehead atoms. The van der Waals surface area contributed by atoms with Crippen LogP contribution >= 0.6 is 24.0 Å². The molecule has 1 atom stereocenters. The first kappa shape index (κ1) is 26.8. The lowest BCUT2D eigenvalue weighted by atomic mass is 10.2. The maximum absolute atomic E-state index is 10.9. The molecule has 2 N–H and O–H groups in total. The third-order valence-corrected chi connectivity index (χ3v) is 5.42. The summed E-state index contributed by atoms with van der Waals surface area (Å²) in [6, 6.07) is 14.7. The molecule has 180 valence electrons. The van der Waals surface area contributed by atoms with Gasteiger partial charge in [0.05, 0.1) is 31.8 Å². The Balaban J connectivity index is 0.00000385. The van der Waals surface area contributed by atoms with E-state index >= 15 is 0 Å². The summed E-state index contributed by atoms with van der Waals surface area (Å²) in [5.41, 5.74) is 2.10. The van der Waals surface area contributed by atoms with E-state index in [4.69, 9.17) is 14.5 Å². The summed E-state index contributed by atoms with van der Waals surface area (Å²) >= 11 is 0. The molecule has 1 saturated heterocycles. The van der Waals surface area contributed by atoms with E-state index in [2.05, 4.69) is 22.5 Å². The molecule has 0 aromatic heterocycles. The van der Waals surface area contributed by atoms with Gasteiger partial charge in [0, 0.05) is 44.4 Å². The largest absolute Gasteiger partial charge is 0.497 e. The molecule has 0 aliphatic carbocycles. The number of nitro groups is 1. The summed E-state index contributed by atoms with van der Waals surface area (Å²) < 4.78 is 10.7. The van der Waals surface area contributed by atoms with E-state index in [0.717, 1.165) is 49.7 Å². The van der Waals surface area contributed by atoms with Crippen LogP contribution in [0.3, 0.4) is 0 Å². The lowest BCUT2D eigenvalue weighted by Gasteiger charge is -2.32. The van der Waals surface area contributed by atoms with E-state index < -0.39 is 4.92 Å². The standard InChI is InChI=1S/C23H31N5O4.HI/c1-18(27-11-13-32-14-12-27)15-24-23(26-17-20-5-9-22(31-2)10-6-20)25-16-19-3-7-21(8-4-19)28(29)30;/h3-10,18H,11-17H2,1-2H3,(H2,24,25,26);1H. The van der Waals surface area contributed by atoms with Gasteiger partial charge in [0.2, 0.25) is 0 Å². The molecule has 0 spiro atoms. The molecular weight excluding hydrogens is 537 g/mol. The number of nitrogens with zero attached hydrogens (tertiary/aromatic N) is 3. The van der Waals surface area contributed by atoms with Crippen LogP contribution in [-0.2, 0) is 17.8 Å². The number of guanidine groups is 1. The minimum absolute atomic E-state index is 0. The van der Waals surface area contributed by atoms with Gasteiger partial charge in [-0.3, -0.25) is 15.0 Å².